The number of rotatable bonds is 4. The van der Waals surface area contributed by atoms with Crippen LogP contribution in [0.5, 0.6) is 11.5 Å². The first-order chi connectivity index (χ1) is 10.7. The number of nitrogens with zero attached hydrogens (tertiary/aromatic N) is 2. The fourth-order valence-electron chi connectivity index (χ4n) is 1.88. The number of aromatic nitrogens is 1. The molecule has 0 aliphatic carbocycles. The van der Waals surface area contributed by atoms with E-state index in [0.717, 1.165) is 11.3 Å². The molecular formula is C16H13N3O2S. The molecule has 1 aromatic heterocycles. The second kappa shape index (κ2) is 6.28. The van der Waals surface area contributed by atoms with Crippen molar-refractivity contribution in [1.82, 2.24) is 4.98 Å². The number of anilines is 1. The molecule has 0 atom stereocenters. The van der Waals surface area contributed by atoms with Crippen LogP contribution in [0.25, 0.3) is 11.3 Å². The van der Waals surface area contributed by atoms with Crippen molar-refractivity contribution in [3.8, 4) is 22.8 Å². The lowest BCUT2D eigenvalue weighted by Crippen LogP contribution is -1.90. The first kappa shape index (κ1) is 14.1. The number of para-hydroxylation sites is 1. The van der Waals surface area contributed by atoms with Crippen molar-refractivity contribution < 1.29 is 10.2 Å². The molecule has 0 amide bonds. The minimum Gasteiger partial charge on any atom is -0.508 e. The molecule has 0 radical (unpaired) electrons. The lowest BCUT2D eigenvalue weighted by Gasteiger charge is -1.98. The zero-order chi connectivity index (χ0) is 15.4. The van der Waals surface area contributed by atoms with Crippen LogP contribution in [0.4, 0.5) is 5.13 Å². The van der Waals surface area contributed by atoms with Crippen LogP contribution in [0.2, 0.25) is 0 Å². The predicted molar refractivity (Wildman–Crippen MR) is 88.5 cm³/mol. The Kier molecular flexibility index (Phi) is 4.02. The van der Waals surface area contributed by atoms with Crippen molar-refractivity contribution in [2.75, 3.05) is 5.43 Å². The first-order valence-corrected chi connectivity index (χ1v) is 7.42. The van der Waals surface area contributed by atoms with E-state index in [9.17, 15) is 10.2 Å². The highest BCUT2D eigenvalue weighted by molar-refractivity contribution is 7.14. The van der Waals surface area contributed by atoms with Crippen molar-refractivity contribution >= 4 is 22.7 Å². The minimum absolute atomic E-state index is 0.174. The molecule has 3 N–H and O–H groups in total. The first-order valence-electron chi connectivity index (χ1n) is 6.54. The van der Waals surface area contributed by atoms with E-state index in [2.05, 4.69) is 15.5 Å². The van der Waals surface area contributed by atoms with Gasteiger partial charge in [-0.15, -0.1) is 11.3 Å². The topological polar surface area (TPSA) is 77.7 Å². The molecule has 2 aromatic carbocycles. The summed E-state index contributed by atoms with van der Waals surface area (Å²) < 4.78 is 0. The van der Waals surface area contributed by atoms with Gasteiger partial charge in [-0.05, 0) is 24.3 Å². The van der Waals surface area contributed by atoms with Gasteiger partial charge in [-0.2, -0.15) is 5.10 Å². The summed E-state index contributed by atoms with van der Waals surface area (Å²) in [5, 5.41) is 25.7. The molecule has 22 heavy (non-hydrogen) atoms. The lowest BCUT2D eigenvalue weighted by atomic mass is 10.2. The monoisotopic (exact) mass is 311 g/mol. The zero-order valence-corrected chi connectivity index (χ0v) is 12.3. The van der Waals surface area contributed by atoms with Crippen molar-refractivity contribution in [2.45, 2.75) is 0 Å². The van der Waals surface area contributed by atoms with Gasteiger partial charge in [-0.3, -0.25) is 5.43 Å². The molecule has 110 valence electrons. The third-order valence-corrected chi connectivity index (χ3v) is 3.69. The maximum absolute atomic E-state index is 9.63. The Hall–Kier alpha value is -2.86. The van der Waals surface area contributed by atoms with Crippen LogP contribution in [0, 0.1) is 0 Å². The second-order valence-corrected chi connectivity index (χ2v) is 5.38. The van der Waals surface area contributed by atoms with E-state index in [1.807, 2.05) is 17.5 Å². The van der Waals surface area contributed by atoms with Crippen LogP contribution in [-0.4, -0.2) is 21.4 Å². The fraction of sp³-hybridized carbons (Fsp3) is 0. The standard InChI is InChI=1S/C16H13N3O2S/c20-13-6-3-5-11(8-13)14-10-22-16(18-14)19-17-9-12-4-1-2-7-15(12)21/h1-10,20-21H,(H,18,19). The number of phenolic OH excluding ortho intramolecular Hbond substituents is 2. The molecule has 3 aromatic rings. The molecule has 0 aliphatic rings. The third-order valence-electron chi connectivity index (χ3n) is 2.95. The number of hydrogen-bond acceptors (Lipinski definition) is 6. The van der Waals surface area contributed by atoms with Crippen molar-refractivity contribution in [3.05, 3.63) is 59.5 Å². The maximum Gasteiger partial charge on any atom is 0.203 e. The van der Waals surface area contributed by atoms with Gasteiger partial charge in [0.15, 0.2) is 0 Å². The molecule has 0 aliphatic heterocycles. The Morgan fingerprint density at radius 3 is 2.77 bits per heavy atom. The summed E-state index contributed by atoms with van der Waals surface area (Å²) in [5.74, 6) is 0.380. The highest BCUT2D eigenvalue weighted by Gasteiger charge is 2.04. The normalized spacial score (nSPS) is 10.9. The van der Waals surface area contributed by atoms with E-state index in [1.54, 1.807) is 36.4 Å². The number of aromatic hydroxyl groups is 2. The van der Waals surface area contributed by atoms with Crippen LogP contribution in [0.3, 0.4) is 0 Å². The lowest BCUT2D eigenvalue weighted by molar-refractivity contribution is 0.474. The van der Waals surface area contributed by atoms with Gasteiger partial charge in [0.05, 0.1) is 11.9 Å². The zero-order valence-electron chi connectivity index (χ0n) is 11.5. The van der Waals surface area contributed by atoms with E-state index >= 15 is 0 Å². The van der Waals surface area contributed by atoms with Crippen molar-refractivity contribution in [1.29, 1.82) is 0 Å². The van der Waals surface area contributed by atoms with E-state index in [0.29, 0.717) is 10.7 Å². The number of phenols is 2. The van der Waals surface area contributed by atoms with Gasteiger partial charge in [0.2, 0.25) is 5.13 Å². The van der Waals surface area contributed by atoms with Crippen molar-refractivity contribution in [3.63, 3.8) is 0 Å². The van der Waals surface area contributed by atoms with E-state index in [-0.39, 0.29) is 11.5 Å². The molecule has 0 bridgehead atoms. The summed E-state index contributed by atoms with van der Waals surface area (Å²) in [6.07, 6.45) is 1.53. The average molecular weight is 311 g/mol. The van der Waals surface area contributed by atoms with Gasteiger partial charge in [0.1, 0.15) is 11.5 Å². The Labute approximate surface area is 131 Å². The summed E-state index contributed by atoms with van der Waals surface area (Å²) in [6, 6.07) is 13.9. The van der Waals surface area contributed by atoms with Crippen LogP contribution in [0.1, 0.15) is 5.56 Å². The fourth-order valence-corrected chi connectivity index (χ4v) is 2.55. The Bertz CT molecular complexity index is 814. The molecule has 3 rings (SSSR count). The Morgan fingerprint density at radius 1 is 1.09 bits per heavy atom. The van der Waals surface area contributed by atoms with Crippen LogP contribution < -0.4 is 5.43 Å². The van der Waals surface area contributed by atoms with Gasteiger partial charge < -0.3 is 10.2 Å². The average Bonchev–Trinajstić information content (AvgIpc) is 2.98. The molecular weight excluding hydrogens is 298 g/mol. The smallest absolute Gasteiger partial charge is 0.203 e. The Balaban J connectivity index is 1.71. The van der Waals surface area contributed by atoms with E-state index in [4.69, 9.17) is 0 Å². The summed E-state index contributed by atoms with van der Waals surface area (Å²) in [4.78, 5) is 4.40. The highest BCUT2D eigenvalue weighted by Crippen LogP contribution is 2.27. The molecule has 0 unspecified atom stereocenters. The van der Waals surface area contributed by atoms with Gasteiger partial charge in [0.25, 0.3) is 0 Å². The molecule has 0 saturated carbocycles. The predicted octanol–water partition coefficient (Wildman–Crippen LogP) is 3.67. The van der Waals surface area contributed by atoms with Gasteiger partial charge in [-0.25, -0.2) is 4.98 Å². The van der Waals surface area contributed by atoms with Crippen LogP contribution >= 0.6 is 11.3 Å². The summed E-state index contributed by atoms with van der Waals surface area (Å²) in [5.41, 5.74) is 5.06. The Morgan fingerprint density at radius 2 is 1.95 bits per heavy atom. The molecule has 0 saturated heterocycles. The number of benzene rings is 2. The molecule has 1 heterocycles. The summed E-state index contributed by atoms with van der Waals surface area (Å²) >= 11 is 1.41. The van der Waals surface area contributed by atoms with Gasteiger partial charge >= 0.3 is 0 Å². The van der Waals surface area contributed by atoms with Gasteiger partial charge in [0, 0.05) is 16.5 Å². The largest absolute Gasteiger partial charge is 0.508 e. The van der Waals surface area contributed by atoms with E-state index < -0.39 is 0 Å². The van der Waals surface area contributed by atoms with Crippen LogP contribution in [-0.2, 0) is 0 Å². The third kappa shape index (κ3) is 3.24. The number of hydrogen-bond donors (Lipinski definition) is 3. The van der Waals surface area contributed by atoms with E-state index in [1.165, 1.54) is 17.6 Å². The SMILES string of the molecule is Oc1cccc(-c2csc(NN=Cc3ccccc3O)n2)c1. The quantitative estimate of drug-likeness (QED) is 0.507. The second-order valence-electron chi connectivity index (χ2n) is 4.52. The highest BCUT2D eigenvalue weighted by atomic mass is 32.1. The van der Waals surface area contributed by atoms with Crippen molar-refractivity contribution in [2.24, 2.45) is 5.10 Å². The van der Waals surface area contributed by atoms with Gasteiger partial charge in [-0.1, -0.05) is 24.3 Å². The summed E-state index contributed by atoms with van der Waals surface area (Å²) in [6.45, 7) is 0. The molecule has 5 nitrogen and oxygen atoms in total. The minimum atomic E-state index is 0.174. The number of thiazole rings is 1. The maximum atomic E-state index is 9.63. The number of hydrazone groups is 1. The molecule has 0 spiro atoms. The summed E-state index contributed by atoms with van der Waals surface area (Å²) in [7, 11) is 0. The van der Waals surface area contributed by atoms with Crippen LogP contribution in [0.15, 0.2) is 59.0 Å². The molecule has 0 fully saturated rings. The molecule has 6 heteroatoms. The number of nitrogens with one attached hydrogen (secondary N) is 1.